The van der Waals surface area contributed by atoms with Gasteiger partial charge in [-0.15, -0.1) is 0 Å². The third kappa shape index (κ3) is 2.93. The molecule has 0 bridgehead atoms. The zero-order valence-electron chi connectivity index (χ0n) is 10.4. The summed E-state index contributed by atoms with van der Waals surface area (Å²) in [7, 11) is 0. The third-order valence-corrected chi connectivity index (χ3v) is 2.98. The summed E-state index contributed by atoms with van der Waals surface area (Å²) in [5.74, 6) is -0.104. The molecule has 0 unspecified atom stereocenters. The third-order valence-electron chi connectivity index (χ3n) is 2.98. The second kappa shape index (κ2) is 3.76. The van der Waals surface area contributed by atoms with Crippen LogP contribution < -0.4 is 5.32 Å². The van der Waals surface area contributed by atoms with Gasteiger partial charge >= 0.3 is 0 Å². The van der Waals surface area contributed by atoms with Gasteiger partial charge in [0.2, 0.25) is 0 Å². The zero-order chi connectivity index (χ0) is 11.9. The van der Waals surface area contributed by atoms with Crippen molar-refractivity contribution in [2.45, 2.75) is 59.2 Å². The Morgan fingerprint density at radius 1 is 1.33 bits per heavy atom. The summed E-state index contributed by atoms with van der Waals surface area (Å²) in [5.41, 5.74) is -1.59. The van der Waals surface area contributed by atoms with Crippen LogP contribution in [0.2, 0.25) is 0 Å². The second-order valence-electron chi connectivity index (χ2n) is 6.03. The summed E-state index contributed by atoms with van der Waals surface area (Å²) >= 11 is 0. The summed E-state index contributed by atoms with van der Waals surface area (Å²) in [6, 6.07) is 0.0261. The molecule has 1 amide bonds. The van der Waals surface area contributed by atoms with E-state index in [1.54, 1.807) is 0 Å². The number of alkyl halides is 1. The standard InChI is InChI=1S/C12H22FNO/c1-8(2)9(11(3,4)5)14-10(15)12(13)6-7-12/h8-9H,6-7H2,1-5H3,(H,14,15)/t9-/m1/s1. The Morgan fingerprint density at radius 2 is 1.80 bits per heavy atom. The van der Waals surface area contributed by atoms with Crippen molar-refractivity contribution in [2.24, 2.45) is 11.3 Å². The lowest BCUT2D eigenvalue weighted by Crippen LogP contribution is -2.50. The fourth-order valence-corrected chi connectivity index (χ4v) is 1.99. The number of nitrogens with one attached hydrogen (secondary N) is 1. The van der Waals surface area contributed by atoms with Crippen LogP contribution in [0.4, 0.5) is 4.39 Å². The average Bonchev–Trinajstić information content (AvgIpc) is 2.77. The zero-order valence-corrected chi connectivity index (χ0v) is 10.4. The van der Waals surface area contributed by atoms with Crippen molar-refractivity contribution in [1.29, 1.82) is 0 Å². The molecule has 1 aliphatic rings. The molecule has 88 valence electrons. The molecule has 0 aromatic heterocycles. The van der Waals surface area contributed by atoms with Crippen LogP contribution in [0.15, 0.2) is 0 Å². The normalized spacial score (nSPS) is 21.3. The first kappa shape index (κ1) is 12.5. The van der Waals surface area contributed by atoms with Crippen LogP contribution in [0.3, 0.4) is 0 Å². The van der Waals surface area contributed by atoms with E-state index in [9.17, 15) is 9.18 Å². The van der Waals surface area contributed by atoms with Crippen LogP contribution in [0.5, 0.6) is 0 Å². The lowest BCUT2D eigenvalue weighted by Gasteiger charge is -2.35. The van der Waals surface area contributed by atoms with Crippen LogP contribution in [0, 0.1) is 11.3 Å². The number of rotatable bonds is 3. The highest BCUT2D eigenvalue weighted by molar-refractivity contribution is 5.88. The fourth-order valence-electron chi connectivity index (χ4n) is 1.99. The molecule has 0 radical (unpaired) electrons. The maximum atomic E-state index is 13.5. The van der Waals surface area contributed by atoms with E-state index in [2.05, 4.69) is 26.1 Å². The Bertz CT molecular complexity index is 251. The van der Waals surface area contributed by atoms with Gasteiger partial charge < -0.3 is 5.32 Å². The molecule has 15 heavy (non-hydrogen) atoms. The van der Waals surface area contributed by atoms with Crippen LogP contribution in [0.25, 0.3) is 0 Å². The minimum Gasteiger partial charge on any atom is -0.350 e. The lowest BCUT2D eigenvalue weighted by atomic mass is 9.80. The number of carbonyl (C=O) groups is 1. The molecule has 1 N–H and O–H groups in total. The fraction of sp³-hybridized carbons (Fsp3) is 0.917. The Hall–Kier alpha value is -0.600. The summed E-state index contributed by atoms with van der Waals surface area (Å²) in [5, 5.41) is 2.84. The Balaban J connectivity index is 2.63. The van der Waals surface area contributed by atoms with E-state index in [0.717, 1.165) is 0 Å². The van der Waals surface area contributed by atoms with E-state index >= 15 is 0 Å². The van der Waals surface area contributed by atoms with Crippen molar-refractivity contribution in [3.63, 3.8) is 0 Å². The number of amides is 1. The van der Waals surface area contributed by atoms with Gasteiger partial charge in [0.25, 0.3) is 5.91 Å². The summed E-state index contributed by atoms with van der Waals surface area (Å²) in [6.45, 7) is 10.3. The van der Waals surface area contributed by atoms with E-state index < -0.39 is 11.6 Å². The van der Waals surface area contributed by atoms with Crippen molar-refractivity contribution >= 4 is 5.91 Å². The van der Waals surface area contributed by atoms with Crippen molar-refractivity contribution < 1.29 is 9.18 Å². The lowest BCUT2D eigenvalue weighted by molar-refractivity contribution is -0.129. The molecule has 0 spiro atoms. The molecule has 1 rings (SSSR count). The van der Waals surface area contributed by atoms with Gasteiger partial charge in [-0.3, -0.25) is 4.79 Å². The van der Waals surface area contributed by atoms with E-state index in [0.29, 0.717) is 18.8 Å². The molecule has 3 heteroatoms. The molecular formula is C12H22FNO. The molecule has 0 aromatic carbocycles. The highest BCUT2D eigenvalue weighted by Crippen LogP contribution is 2.40. The first-order valence-corrected chi connectivity index (χ1v) is 5.67. The van der Waals surface area contributed by atoms with Gasteiger partial charge in [-0.1, -0.05) is 34.6 Å². The van der Waals surface area contributed by atoms with Crippen LogP contribution in [0.1, 0.15) is 47.5 Å². The van der Waals surface area contributed by atoms with Gasteiger partial charge in [-0.25, -0.2) is 4.39 Å². The maximum Gasteiger partial charge on any atom is 0.257 e. The molecule has 0 aromatic rings. The number of hydrogen-bond donors (Lipinski definition) is 1. The molecule has 1 fully saturated rings. The highest BCUT2D eigenvalue weighted by Gasteiger charge is 2.51. The van der Waals surface area contributed by atoms with E-state index in [-0.39, 0.29) is 11.5 Å². The SMILES string of the molecule is CC(C)[C@@H](NC(=O)C1(F)CC1)C(C)(C)C. The Morgan fingerprint density at radius 3 is 2.07 bits per heavy atom. The minimum atomic E-state index is -1.56. The van der Waals surface area contributed by atoms with E-state index in [4.69, 9.17) is 0 Å². The molecule has 0 aliphatic heterocycles. The topological polar surface area (TPSA) is 29.1 Å². The summed E-state index contributed by atoms with van der Waals surface area (Å²) in [4.78, 5) is 11.6. The van der Waals surface area contributed by atoms with Crippen LogP contribution >= 0.6 is 0 Å². The molecule has 0 heterocycles. The van der Waals surface area contributed by atoms with E-state index in [1.807, 2.05) is 13.8 Å². The largest absolute Gasteiger partial charge is 0.350 e. The van der Waals surface area contributed by atoms with Crippen molar-refractivity contribution in [1.82, 2.24) is 5.32 Å². The monoisotopic (exact) mass is 215 g/mol. The number of hydrogen-bond acceptors (Lipinski definition) is 1. The van der Waals surface area contributed by atoms with Gasteiger partial charge in [0, 0.05) is 6.04 Å². The Kier molecular flexibility index (Phi) is 3.13. The van der Waals surface area contributed by atoms with Gasteiger partial charge in [0.05, 0.1) is 0 Å². The van der Waals surface area contributed by atoms with Crippen molar-refractivity contribution in [2.75, 3.05) is 0 Å². The molecule has 2 nitrogen and oxygen atoms in total. The molecule has 1 saturated carbocycles. The minimum absolute atomic E-state index is 0.0261. The summed E-state index contributed by atoms with van der Waals surface area (Å²) < 4.78 is 13.5. The van der Waals surface area contributed by atoms with Gasteiger partial charge in [-0.2, -0.15) is 0 Å². The smallest absolute Gasteiger partial charge is 0.257 e. The predicted octanol–water partition coefficient (Wildman–Crippen LogP) is 2.68. The van der Waals surface area contributed by atoms with E-state index in [1.165, 1.54) is 0 Å². The predicted molar refractivity (Wildman–Crippen MR) is 59.3 cm³/mol. The molecule has 1 atom stereocenters. The number of carbonyl (C=O) groups excluding carboxylic acids is 1. The average molecular weight is 215 g/mol. The molecule has 1 aliphatic carbocycles. The summed E-state index contributed by atoms with van der Waals surface area (Å²) in [6.07, 6.45) is 0.765. The van der Waals surface area contributed by atoms with Crippen molar-refractivity contribution in [3.05, 3.63) is 0 Å². The van der Waals surface area contributed by atoms with Gasteiger partial charge in [-0.05, 0) is 24.2 Å². The first-order chi connectivity index (χ1) is 6.67. The van der Waals surface area contributed by atoms with Crippen LogP contribution in [-0.4, -0.2) is 17.6 Å². The quantitative estimate of drug-likeness (QED) is 0.770. The highest BCUT2D eigenvalue weighted by atomic mass is 19.1. The molecular weight excluding hydrogens is 193 g/mol. The first-order valence-electron chi connectivity index (χ1n) is 5.67. The Labute approximate surface area is 91.6 Å². The van der Waals surface area contributed by atoms with Gasteiger partial charge in [0.1, 0.15) is 0 Å². The maximum absolute atomic E-state index is 13.5. The second-order valence-corrected chi connectivity index (χ2v) is 6.03. The number of halogens is 1. The van der Waals surface area contributed by atoms with Crippen molar-refractivity contribution in [3.8, 4) is 0 Å². The van der Waals surface area contributed by atoms with Crippen LogP contribution in [-0.2, 0) is 4.79 Å². The van der Waals surface area contributed by atoms with Gasteiger partial charge in [0.15, 0.2) is 5.67 Å². The molecule has 0 saturated heterocycles.